The second-order valence-electron chi connectivity index (χ2n) is 6.26. The first kappa shape index (κ1) is 16.4. The minimum Gasteiger partial charge on any atom is -0.380 e. The second kappa shape index (κ2) is 6.59. The van der Waals surface area contributed by atoms with Gasteiger partial charge in [0.15, 0.2) is 5.69 Å². The van der Waals surface area contributed by atoms with Crippen molar-refractivity contribution in [1.29, 1.82) is 0 Å². The van der Waals surface area contributed by atoms with Crippen LogP contribution in [0.5, 0.6) is 0 Å². The van der Waals surface area contributed by atoms with Crippen LogP contribution < -0.4 is 0 Å². The van der Waals surface area contributed by atoms with Gasteiger partial charge in [0.25, 0.3) is 5.91 Å². The van der Waals surface area contributed by atoms with E-state index in [9.17, 15) is 4.79 Å². The Morgan fingerprint density at radius 1 is 1.48 bits per heavy atom. The molecule has 3 rings (SSSR count). The monoisotopic (exact) mass is 324 g/mol. The van der Waals surface area contributed by atoms with Crippen molar-refractivity contribution >= 4 is 5.91 Å². The third kappa shape index (κ3) is 2.88. The quantitative estimate of drug-likeness (QED) is 0.836. The third-order valence-electron chi connectivity index (χ3n) is 4.89. The molecule has 23 heavy (non-hydrogen) atoms. The first-order chi connectivity index (χ1) is 11.1. The largest absolute Gasteiger partial charge is 0.380 e. The maximum Gasteiger partial charge on any atom is 0.276 e. The van der Waals surface area contributed by atoms with Gasteiger partial charge >= 0.3 is 0 Å². The van der Waals surface area contributed by atoms with Gasteiger partial charge in [-0.1, -0.05) is 5.16 Å². The Morgan fingerprint density at radius 2 is 2.30 bits per heavy atom. The Kier molecular flexibility index (Phi) is 4.70. The molecule has 0 N–H and O–H groups in total. The fourth-order valence-corrected chi connectivity index (χ4v) is 3.67. The average Bonchev–Trinajstić information content (AvgIpc) is 3.15. The molecule has 2 aliphatic rings. The molecule has 1 aromatic heterocycles. The van der Waals surface area contributed by atoms with Gasteiger partial charge in [-0.25, -0.2) is 0 Å². The number of likely N-dealkylation sites (tertiary alicyclic amines) is 1. The molecule has 7 heteroatoms. The molecule has 0 saturated carbocycles. The number of rotatable bonds is 4. The molecule has 0 aliphatic carbocycles. The summed E-state index contributed by atoms with van der Waals surface area (Å²) in [5.41, 5.74) is 0.671. The molecule has 2 saturated heterocycles. The molecule has 2 fully saturated rings. The number of carbonyl (C=O) groups is 1. The molecule has 2 atom stereocenters. The number of carbonyl (C=O) groups excluding carboxylic acids is 1. The molecule has 7 nitrogen and oxygen atoms in total. The van der Waals surface area contributed by atoms with Crippen molar-refractivity contribution in [3.8, 4) is 0 Å². The van der Waals surface area contributed by atoms with Gasteiger partial charge in [0, 0.05) is 27.4 Å². The normalized spacial score (nSPS) is 27.8. The molecule has 0 bridgehead atoms. The predicted molar refractivity (Wildman–Crippen MR) is 81.2 cm³/mol. The van der Waals surface area contributed by atoms with E-state index in [0.717, 1.165) is 25.9 Å². The summed E-state index contributed by atoms with van der Waals surface area (Å²) in [4.78, 5) is 14.7. The third-order valence-corrected chi connectivity index (χ3v) is 4.89. The topological polar surface area (TPSA) is 74.0 Å². The smallest absolute Gasteiger partial charge is 0.276 e. The van der Waals surface area contributed by atoms with E-state index in [1.807, 2.05) is 0 Å². The highest BCUT2D eigenvalue weighted by Crippen LogP contribution is 2.37. The van der Waals surface area contributed by atoms with Gasteiger partial charge in [-0.2, -0.15) is 0 Å². The van der Waals surface area contributed by atoms with E-state index in [0.29, 0.717) is 36.7 Å². The molecule has 1 spiro atoms. The van der Waals surface area contributed by atoms with E-state index in [4.69, 9.17) is 18.7 Å². The lowest BCUT2D eigenvalue weighted by atomic mass is 9.86. The number of ether oxygens (including phenoxy) is 3. The standard InChI is InChI=1S/C16H24N2O5/c1-11-12(9-20-2)14(17-23-11)15(19)18-7-5-13(21-3)16(10-18)6-4-8-22-16/h13H,4-10H2,1-3H3/t13-,16-/m0/s1. The van der Waals surface area contributed by atoms with Crippen LogP contribution in [0.4, 0.5) is 0 Å². The van der Waals surface area contributed by atoms with Gasteiger partial charge in [0.1, 0.15) is 11.4 Å². The highest BCUT2D eigenvalue weighted by molar-refractivity contribution is 5.94. The zero-order chi connectivity index (χ0) is 16.4. The summed E-state index contributed by atoms with van der Waals surface area (Å²) in [5.74, 6) is 0.493. The fraction of sp³-hybridized carbons (Fsp3) is 0.750. The van der Waals surface area contributed by atoms with Crippen molar-refractivity contribution in [2.24, 2.45) is 0 Å². The first-order valence-corrected chi connectivity index (χ1v) is 8.01. The van der Waals surface area contributed by atoms with Crippen LogP contribution in [0.15, 0.2) is 4.52 Å². The van der Waals surface area contributed by atoms with Gasteiger partial charge in [-0.05, 0) is 26.2 Å². The summed E-state index contributed by atoms with van der Waals surface area (Å²) >= 11 is 0. The van der Waals surface area contributed by atoms with Crippen LogP contribution in [0.25, 0.3) is 0 Å². The van der Waals surface area contributed by atoms with Crippen LogP contribution >= 0.6 is 0 Å². The summed E-state index contributed by atoms with van der Waals surface area (Å²) in [6, 6.07) is 0. The van der Waals surface area contributed by atoms with Crippen LogP contribution in [0.3, 0.4) is 0 Å². The zero-order valence-corrected chi connectivity index (χ0v) is 14.0. The summed E-state index contributed by atoms with van der Waals surface area (Å²) in [6.07, 6.45) is 2.71. The number of aryl methyl sites for hydroxylation is 1. The summed E-state index contributed by atoms with van der Waals surface area (Å²) < 4.78 is 22.0. The molecule has 0 radical (unpaired) electrons. The second-order valence-corrected chi connectivity index (χ2v) is 6.26. The lowest BCUT2D eigenvalue weighted by molar-refractivity contribution is -0.137. The highest BCUT2D eigenvalue weighted by atomic mass is 16.6. The molecule has 128 valence electrons. The molecule has 1 aromatic rings. The van der Waals surface area contributed by atoms with Crippen LogP contribution in [0, 0.1) is 6.92 Å². The minimum atomic E-state index is -0.386. The van der Waals surface area contributed by atoms with Crippen molar-refractivity contribution in [3.63, 3.8) is 0 Å². The number of methoxy groups -OCH3 is 2. The Balaban J connectivity index is 1.81. The number of aromatic nitrogens is 1. The molecule has 1 amide bonds. The molecule has 0 unspecified atom stereocenters. The van der Waals surface area contributed by atoms with E-state index in [2.05, 4.69) is 5.16 Å². The number of hydrogen-bond donors (Lipinski definition) is 0. The van der Waals surface area contributed by atoms with Gasteiger partial charge in [-0.15, -0.1) is 0 Å². The SMILES string of the molecule is COCc1c(C(=O)N2CC[C@H](OC)[C@]3(CCCO3)C2)noc1C. The Morgan fingerprint density at radius 3 is 2.96 bits per heavy atom. The van der Waals surface area contributed by atoms with Gasteiger partial charge in [0.2, 0.25) is 0 Å². The first-order valence-electron chi connectivity index (χ1n) is 8.01. The molecule has 3 heterocycles. The van der Waals surface area contributed by atoms with Crippen LogP contribution in [-0.2, 0) is 20.8 Å². The number of hydrogen-bond acceptors (Lipinski definition) is 6. The number of amides is 1. The maximum absolute atomic E-state index is 12.9. The molecule has 0 aromatic carbocycles. The van der Waals surface area contributed by atoms with Crippen molar-refractivity contribution in [1.82, 2.24) is 10.1 Å². The van der Waals surface area contributed by atoms with Crippen LogP contribution in [0.1, 0.15) is 41.1 Å². The van der Waals surface area contributed by atoms with Crippen molar-refractivity contribution < 1.29 is 23.5 Å². The lowest BCUT2D eigenvalue weighted by Gasteiger charge is -2.44. The van der Waals surface area contributed by atoms with Gasteiger partial charge in [0.05, 0.1) is 24.8 Å². The zero-order valence-electron chi connectivity index (χ0n) is 14.0. The fourth-order valence-electron chi connectivity index (χ4n) is 3.67. The van der Waals surface area contributed by atoms with Gasteiger partial charge in [-0.3, -0.25) is 4.79 Å². The van der Waals surface area contributed by atoms with Crippen LogP contribution in [0.2, 0.25) is 0 Å². The highest BCUT2D eigenvalue weighted by Gasteiger charge is 2.48. The maximum atomic E-state index is 12.9. The van der Waals surface area contributed by atoms with Crippen molar-refractivity contribution in [2.45, 2.75) is 44.5 Å². The summed E-state index contributed by atoms with van der Waals surface area (Å²) in [5, 5.41) is 3.95. The van der Waals surface area contributed by atoms with E-state index in [-0.39, 0.29) is 17.6 Å². The predicted octanol–water partition coefficient (Wildman–Crippen LogP) is 1.54. The summed E-state index contributed by atoms with van der Waals surface area (Å²) in [7, 11) is 3.30. The number of nitrogens with zero attached hydrogens (tertiary/aromatic N) is 2. The van der Waals surface area contributed by atoms with Crippen molar-refractivity contribution in [2.75, 3.05) is 33.9 Å². The molecular formula is C16H24N2O5. The van der Waals surface area contributed by atoms with E-state index < -0.39 is 0 Å². The van der Waals surface area contributed by atoms with E-state index in [1.165, 1.54) is 0 Å². The van der Waals surface area contributed by atoms with Gasteiger partial charge < -0.3 is 23.6 Å². The van der Waals surface area contributed by atoms with Crippen molar-refractivity contribution in [3.05, 3.63) is 17.0 Å². The lowest BCUT2D eigenvalue weighted by Crippen LogP contribution is -2.58. The Hall–Kier alpha value is -1.44. The van der Waals surface area contributed by atoms with E-state index >= 15 is 0 Å². The number of piperidine rings is 1. The summed E-state index contributed by atoms with van der Waals surface area (Å²) in [6.45, 7) is 3.98. The molecular weight excluding hydrogens is 300 g/mol. The van der Waals surface area contributed by atoms with E-state index in [1.54, 1.807) is 26.0 Å². The van der Waals surface area contributed by atoms with Crippen LogP contribution in [-0.4, -0.2) is 61.6 Å². The molecule has 2 aliphatic heterocycles. The minimum absolute atomic E-state index is 0.0338. The Labute approximate surface area is 135 Å². The average molecular weight is 324 g/mol. The Bertz CT molecular complexity index is 565.